The molecular formula is C10H12ClNO4S. The number of carbonyl (C=O) groups is 1. The fourth-order valence-corrected chi connectivity index (χ4v) is 2.47. The molecule has 5 nitrogen and oxygen atoms in total. The van der Waals surface area contributed by atoms with Crippen LogP contribution in [0.15, 0.2) is 23.1 Å². The minimum atomic E-state index is -3.71. The van der Waals surface area contributed by atoms with E-state index in [9.17, 15) is 13.2 Å². The summed E-state index contributed by atoms with van der Waals surface area (Å²) in [6.45, 7) is 1.29. The molecule has 7 heteroatoms. The molecule has 1 rings (SSSR count). The van der Waals surface area contributed by atoms with Gasteiger partial charge in [-0.15, -0.1) is 0 Å². The van der Waals surface area contributed by atoms with Crippen LogP contribution < -0.4 is 9.46 Å². The molecule has 17 heavy (non-hydrogen) atoms. The molecule has 94 valence electrons. The standard InChI is InChI=1S/C10H12ClNO4S/c1-7-5-8(3-4-9(7)16-2)17(14,15)12-6-10(11)13/h3-5,12H,6H2,1-2H3. The molecule has 1 N–H and O–H groups in total. The number of hydrogen-bond donors (Lipinski definition) is 1. The highest BCUT2D eigenvalue weighted by Crippen LogP contribution is 2.21. The smallest absolute Gasteiger partial charge is 0.241 e. The number of hydrogen-bond acceptors (Lipinski definition) is 4. The van der Waals surface area contributed by atoms with E-state index in [1.807, 2.05) is 0 Å². The minimum absolute atomic E-state index is 0.0636. The number of rotatable bonds is 5. The van der Waals surface area contributed by atoms with Crippen LogP contribution in [0.4, 0.5) is 0 Å². The van der Waals surface area contributed by atoms with E-state index in [0.29, 0.717) is 11.3 Å². The van der Waals surface area contributed by atoms with Gasteiger partial charge >= 0.3 is 0 Å². The van der Waals surface area contributed by atoms with Crippen molar-refractivity contribution in [2.24, 2.45) is 0 Å². The van der Waals surface area contributed by atoms with E-state index in [1.165, 1.54) is 19.2 Å². The van der Waals surface area contributed by atoms with Crippen molar-refractivity contribution >= 4 is 26.9 Å². The highest BCUT2D eigenvalue weighted by molar-refractivity contribution is 7.89. The van der Waals surface area contributed by atoms with Crippen LogP contribution in [0.3, 0.4) is 0 Å². The third-order valence-electron chi connectivity index (χ3n) is 2.08. The molecule has 0 bridgehead atoms. The Hall–Kier alpha value is -1.11. The summed E-state index contributed by atoms with van der Waals surface area (Å²) in [5, 5.41) is -0.765. The van der Waals surface area contributed by atoms with E-state index in [4.69, 9.17) is 16.3 Å². The molecule has 0 amide bonds. The van der Waals surface area contributed by atoms with Crippen LogP contribution in [-0.2, 0) is 14.8 Å². The van der Waals surface area contributed by atoms with E-state index >= 15 is 0 Å². The molecule has 0 radical (unpaired) electrons. The molecular weight excluding hydrogens is 266 g/mol. The zero-order chi connectivity index (χ0) is 13.1. The lowest BCUT2D eigenvalue weighted by Crippen LogP contribution is -2.27. The normalized spacial score (nSPS) is 11.2. The lowest BCUT2D eigenvalue weighted by atomic mass is 10.2. The van der Waals surface area contributed by atoms with Gasteiger partial charge in [0.25, 0.3) is 0 Å². The van der Waals surface area contributed by atoms with Gasteiger partial charge in [-0.25, -0.2) is 13.1 Å². The van der Waals surface area contributed by atoms with Crippen LogP contribution in [0, 0.1) is 6.92 Å². The molecule has 0 aliphatic heterocycles. The summed E-state index contributed by atoms with van der Waals surface area (Å²) < 4.78 is 30.6. The van der Waals surface area contributed by atoms with Gasteiger partial charge in [-0.1, -0.05) is 0 Å². The first kappa shape index (κ1) is 14.0. The molecule has 0 aliphatic carbocycles. The monoisotopic (exact) mass is 277 g/mol. The molecule has 1 aromatic carbocycles. The maximum Gasteiger partial charge on any atom is 0.241 e. The van der Waals surface area contributed by atoms with Crippen molar-refractivity contribution in [2.45, 2.75) is 11.8 Å². The Morgan fingerprint density at radius 3 is 2.59 bits per heavy atom. The largest absolute Gasteiger partial charge is 0.496 e. The van der Waals surface area contributed by atoms with Crippen molar-refractivity contribution in [3.05, 3.63) is 23.8 Å². The molecule has 0 spiro atoms. The van der Waals surface area contributed by atoms with E-state index in [2.05, 4.69) is 4.72 Å². The average Bonchev–Trinajstić information content (AvgIpc) is 2.26. The molecule has 0 aromatic heterocycles. The summed E-state index contributed by atoms with van der Waals surface area (Å²) in [6, 6.07) is 4.40. The number of benzene rings is 1. The Bertz CT molecular complexity index is 527. The van der Waals surface area contributed by atoms with Gasteiger partial charge in [-0.3, -0.25) is 4.79 Å². The highest BCUT2D eigenvalue weighted by Gasteiger charge is 2.15. The van der Waals surface area contributed by atoms with Crippen LogP contribution in [0.5, 0.6) is 5.75 Å². The third kappa shape index (κ3) is 3.69. The zero-order valence-electron chi connectivity index (χ0n) is 9.36. The Balaban J connectivity index is 2.99. The van der Waals surface area contributed by atoms with E-state index in [0.717, 1.165) is 0 Å². The van der Waals surface area contributed by atoms with Crippen molar-refractivity contribution in [1.82, 2.24) is 4.72 Å². The third-order valence-corrected chi connectivity index (χ3v) is 3.61. The van der Waals surface area contributed by atoms with Crippen molar-refractivity contribution in [2.75, 3.05) is 13.7 Å². The molecule has 0 aliphatic rings. The maximum atomic E-state index is 11.7. The van der Waals surface area contributed by atoms with Crippen LogP contribution in [0.1, 0.15) is 5.56 Å². The summed E-state index contributed by atoms with van der Waals surface area (Å²) in [5.41, 5.74) is 0.688. The second-order valence-corrected chi connectivity index (χ2v) is 5.50. The summed E-state index contributed by atoms with van der Waals surface area (Å²) >= 11 is 5.06. The quantitative estimate of drug-likeness (QED) is 0.817. The second kappa shape index (κ2) is 5.48. The number of halogens is 1. The van der Waals surface area contributed by atoms with Crippen LogP contribution in [-0.4, -0.2) is 27.3 Å². The first-order valence-corrected chi connectivity index (χ1v) is 6.55. The predicted octanol–water partition coefficient (Wildman–Crippen LogP) is 1.05. The summed E-state index contributed by atoms with van der Waals surface area (Å²) in [6.07, 6.45) is 0. The van der Waals surface area contributed by atoms with Gasteiger partial charge in [-0.2, -0.15) is 0 Å². The van der Waals surface area contributed by atoms with Crippen molar-refractivity contribution < 1.29 is 17.9 Å². The summed E-state index contributed by atoms with van der Waals surface area (Å²) in [4.78, 5) is 10.6. The van der Waals surface area contributed by atoms with Gasteiger partial charge in [0.15, 0.2) is 0 Å². The minimum Gasteiger partial charge on any atom is -0.496 e. The first-order chi connectivity index (χ1) is 7.86. The first-order valence-electron chi connectivity index (χ1n) is 4.69. The zero-order valence-corrected chi connectivity index (χ0v) is 10.9. The fourth-order valence-electron chi connectivity index (χ4n) is 1.25. The van der Waals surface area contributed by atoms with E-state index < -0.39 is 21.8 Å². The van der Waals surface area contributed by atoms with Gasteiger partial charge in [0.1, 0.15) is 5.75 Å². The Morgan fingerprint density at radius 2 is 2.12 bits per heavy atom. The SMILES string of the molecule is COc1ccc(S(=O)(=O)NCC(=O)Cl)cc1C. The molecule has 0 saturated carbocycles. The van der Waals surface area contributed by atoms with Crippen molar-refractivity contribution in [1.29, 1.82) is 0 Å². The molecule has 0 atom stereocenters. The van der Waals surface area contributed by atoms with Gasteiger partial charge in [0.05, 0.1) is 18.6 Å². The molecule has 0 unspecified atom stereocenters. The van der Waals surface area contributed by atoms with Crippen LogP contribution in [0.2, 0.25) is 0 Å². The highest BCUT2D eigenvalue weighted by atomic mass is 35.5. The van der Waals surface area contributed by atoms with E-state index in [1.54, 1.807) is 13.0 Å². The van der Waals surface area contributed by atoms with Crippen molar-refractivity contribution in [3.8, 4) is 5.75 Å². The molecule has 0 heterocycles. The predicted molar refractivity (Wildman–Crippen MR) is 63.8 cm³/mol. The Kier molecular flexibility index (Phi) is 4.50. The number of nitrogens with one attached hydrogen (secondary N) is 1. The number of aryl methyl sites for hydroxylation is 1. The van der Waals surface area contributed by atoms with Gasteiger partial charge < -0.3 is 4.74 Å². The fraction of sp³-hybridized carbons (Fsp3) is 0.300. The lowest BCUT2D eigenvalue weighted by molar-refractivity contribution is -0.110. The van der Waals surface area contributed by atoms with Crippen molar-refractivity contribution in [3.63, 3.8) is 0 Å². The topological polar surface area (TPSA) is 72.5 Å². The van der Waals surface area contributed by atoms with Gasteiger partial charge in [-0.05, 0) is 42.3 Å². The number of carbonyl (C=O) groups excluding carboxylic acids is 1. The van der Waals surface area contributed by atoms with Crippen LogP contribution >= 0.6 is 11.6 Å². The Morgan fingerprint density at radius 1 is 1.47 bits per heavy atom. The van der Waals surface area contributed by atoms with Crippen LogP contribution in [0.25, 0.3) is 0 Å². The Labute approximate surface area is 105 Å². The van der Waals surface area contributed by atoms with Gasteiger partial charge in [0.2, 0.25) is 15.3 Å². The molecule has 0 fully saturated rings. The van der Waals surface area contributed by atoms with E-state index in [-0.39, 0.29) is 4.90 Å². The van der Waals surface area contributed by atoms with Gasteiger partial charge in [0, 0.05) is 0 Å². The number of sulfonamides is 1. The maximum absolute atomic E-state index is 11.7. The second-order valence-electron chi connectivity index (χ2n) is 3.31. The summed E-state index contributed by atoms with van der Waals surface area (Å²) in [5.74, 6) is 0.595. The average molecular weight is 278 g/mol. The molecule has 1 aromatic rings. The number of ether oxygens (including phenoxy) is 1. The summed E-state index contributed by atoms with van der Waals surface area (Å²) in [7, 11) is -2.21. The molecule has 0 saturated heterocycles. The lowest BCUT2D eigenvalue weighted by Gasteiger charge is -2.08. The number of methoxy groups -OCH3 is 1.